The SMILES string of the molecule is O=C(O)c1cc(C2CCCC2)cc(N2CCCS2(O)O)c1. The summed E-state index contributed by atoms with van der Waals surface area (Å²) in [5.41, 5.74) is 1.88. The summed E-state index contributed by atoms with van der Waals surface area (Å²) in [5.74, 6) is -0.206. The molecule has 6 heteroatoms. The topological polar surface area (TPSA) is 81.0 Å². The minimum absolute atomic E-state index is 0.233. The number of hydrogen-bond donors (Lipinski definition) is 3. The number of carboxylic acids is 1. The normalized spacial score (nSPS) is 23.4. The van der Waals surface area contributed by atoms with Crippen molar-refractivity contribution in [1.29, 1.82) is 0 Å². The lowest BCUT2D eigenvalue weighted by Crippen LogP contribution is -2.22. The van der Waals surface area contributed by atoms with Crippen molar-refractivity contribution >= 4 is 22.4 Å². The van der Waals surface area contributed by atoms with Gasteiger partial charge in [-0.1, -0.05) is 12.8 Å². The molecule has 0 spiro atoms. The van der Waals surface area contributed by atoms with Gasteiger partial charge in [-0.3, -0.25) is 13.4 Å². The highest BCUT2D eigenvalue weighted by Gasteiger charge is 2.30. The van der Waals surface area contributed by atoms with Crippen molar-refractivity contribution < 1.29 is 19.0 Å². The second-order valence-corrected chi connectivity index (χ2v) is 8.01. The Morgan fingerprint density at radius 1 is 1.14 bits per heavy atom. The van der Waals surface area contributed by atoms with Crippen LogP contribution in [-0.4, -0.2) is 32.5 Å². The fourth-order valence-electron chi connectivity index (χ4n) is 3.35. The number of carboxylic acid groups (broad SMARTS) is 1. The van der Waals surface area contributed by atoms with Gasteiger partial charge in [-0.15, -0.1) is 10.8 Å². The molecule has 2 aliphatic rings. The van der Waals surface area contributed by atoms with Crippen LogP contribution in [0.1, 0.15) is 53.9 Å². The predicted molar refractivity (Wildman–Crippen MR) is 84.3 cm³/mol. The van der Waals surface area contributed by atoms with Crippen LogP contribution in [0, 0.1) is 0 Å². The van der Waals surface area contributed by atoms with Gasteiger partial charge in [0, 0.05) is 6.54 Å². The van der Waals surface area contributed by atoms with Crippen LogP contribution in [0.15, 0.2) is 18.2 Å². The van der Waals surface area contributed by atoms with E-state index in [2.05, 4.69) is 0 Å². The van der Waals surface area contributed by atoms with Gasteiger partial charge in [-0.05, 0) is 48.9 Å². The maximum absolute atomic E-state index is 11.4. The van der Waals surface area contributed by atoms with Gasteiger partial charge in [0.25, 0.3) is 0 Å². The molecule has 0 bridgehead atoms. The molecule has 1 saturated carbocycles. The van der Waals surface area contributed by atoms with Gasteiger partial charge < -0.3 is 5.11 Å². The number of anilines is 1. The minimum atomic E-state index is -2.78. The Hall–Kier alpha value is -1.24. The summed E-state index contributed by atoms with van der Waals surface area (Å²) in [6.07, 6.45) is 5.24. The maximum Gasteiger partial charge on any atom is 0.335 e. The van der Waals surface area contributed by atoms with Crippen LogP contribution in [0.5, 0.6) is 0 Å². The Labute approximate surface area is 126 Å². The molecule has 1 saturated heterocycles. The number of hydrogen-bond acceptors (Lipinski definition) is 4. The minimum Gasteiger partial charge on any atom is -0.478 e. The van der Waals surface area contributed by atoms with Crippen molar-refractivity contribution in [2.75, 3.05) is 16.6 Å². The Morgan fingerprint density at radius 2 is 1.86 bits per heavy atom. The van der Waals surface area contributed by atoms with E-state index in [0.717, 1.165) is 24.8 Å². The van der Waals surface area contributed by atoms with E-state index < -0.39 is 16.7 Å². The van der Waals surface area contributed by atoms with Crippen molar-refractivity contribution in [3.8, 4) is 0 Å². The standard InChI is InChI=1S/C15H21NO4S/c17-15(18)13-8-12(11-4-1-2-5-11)9-14(10-13)16-6-3-7-21(16,19)20/h8-11,19-20H,1-7H2,(H,17,18). The summed E-state index contributed by atoms with van der Waals surface area (Å²) < 4.78 is 21.8. The Bertz CT molecular complexity index is 555. The summed E-state index contributed by atoms with van der Waals surface area (Å²) >= 11 is 0. The van der Waals surface area contributed by atoms with E-state index in [1.807, 2.05) is 6.07 Å². The molecular weight excluding hydrogens is 290 g/mol. The van der Waals surface area contributed by atoms with Gasteiger partial charge in [-0.2, -0.15) is 0 Å². The molecule has 1 aromatic carbocycles. The Balaban J connectivity index is 2.01. The molecule has 1 heterocycles. The zero-order valence-electron chi connectivity index (χ0n) is 11.9. The van der Waals surface area contributed by atoms with Gasteiger partial charge in [0.15, 0.2) is 0 Å². The van der Waals surface area contributed by atoms with Crippen molar-refractivity contribution in [3.05, 3.63) is 29.3 Å². The first-order valence-electron chi connectivity index (χ1n) is 7.39. The quantitative estimate of drug-likeness (QED) is 0.788. The molecule has 0 aromatic heterocycles. The van der Waals surface area contributed by atoms with E-state index in [9.17, 15) is 19.0 Å². The van der Waals surface area contributed by atoms with Gasteiger partial charge in [0.1, 0.15) is 0 Å². The van der Waals surface area contributed by atoms with Crippen LogP contribution in [0.2, 0.25) is 0 Å². The third-order valence-electron chi connectivity index (χ3n) is 4.43. The molecule has 116 valence electrons. The van der Waals surface area contributed by atoms with Crippen LogP contribution in [0.3, 0.4) is 0 Å². The monoisotopic (exact) mass is 311 g/mol. The first-order chi connectivity index (χ1) is 9.97. The smallest absolute Gasteiger partial charge is 0.335 e. The molecule has 0 unspecified atom stereocenters. The predicted octanol–water partition coefficient (Wildman–Crippen LogP) is 3.92. The van der Waals surface area contributed by atoms with Crippen LogP contribution < -0.4 is 4.31 Å². The fraction of sp³-hybridized carbons (Fsp3) is 0.533. The fourth-order valence-corrected chi connectivity index (χ4v) is 4.95. The highest BCUT2D eigenvalue weighted by molar-refractivity contribution is 8.25. The van der Waals surface area contributed by atoms with Crippen molar-refractivity contribution in [3.63, 3.8) is 0 Å². The number of nitrogens with zero attached hydrogens (tertiary/aromatic N) is 1. The molecule has 3 N–H and O–H groups in total. The second-order valence-electron chi connectivity index (χ2n) is 5.89. The van der Waals surface area contributed by atoms with Gasteiger partial charge in [0.05, 0.1) is 17.0 Å². The highest BCUT2D eigenvalue weighted by atomic mass is 32.3. The average molecular weight is 311 g/mol. The third kappa shape index (κ3) is 2.88. The molecule has 21 heavy (non-hydrogen) atoms. The number of carbonyl (C=O) groups is 1. The lowest BCUT2D eigenvalue weighted by atomic mass is 9.95. The Morgan fingerprint density at radius 3 is 2.43 bits per heavy atom. The van der Waals surface area contributed by atoms with Crippen LogP contribution in [0.25, 0.3) is 0 Å². The zero-order chi connectivity index (χ0) is 15.0. The lowest BCUT2D eigenvalue weighted by molar-refractivity contribution is 0.0696. The van der Waals surface area contributed by atoms with Gasteiger partial charge in [0.2, 0.25) is 0 Å². The maximum atomic E-state index is 11.4. The van der Waals surface area contributed by atoms with E-state index in [-0.39, 0.29) is 5.56 Å². The molecule has 2 fully saturated rings. The third-order valence-corrected chi connectivity index (χ3v) is 6.37. The lowest BCUT2D eigenvalue weighted by Gasteiger charge is -2.38. The molecule has 0 atom stereocenters. The summed E-state index contributed by atoms with van der Waals surface area (Å²) in [5, 5.41) is 9.31. The number of benzene rings is 1. The van der Waals surface area contributed by atoms with Crippen molar-refractivity contribution in [1.82, 2.24) is 0 Å². The number of rotatable bonds is 3. The van der Waals surface area contributed by atoms with Crippen LogP contribution in [0.4, 0.5) is 5.69 Å². The van der Waals surface area contributed by atoms with Crippen molar-refractivity contribution in [2.24, 2.45) is 0 Å². The summed E-state index contributed by atoms with van der Waals surface area (Å²) in [4.78, 5) is 11.4. The first kappa shape index (κ1) is 14.7. The second kappa shape index (κ2) is 5.51. The Kier molecular flexibility index (Phi) is 3.86. The van der Waals surface area contributed by atoms with E-state index in [1.54, 1.807) is 16.4 Å². The van der Waals surface area contributed by atoms with Crippen LogP contribution in [-0.2, 0) is 0 Å². The van der Waals surface area contributed by atoms with Gasteiger partial charge in [-0.25, -0.2) is 4.79 Å². The van der Waals surface area contributed by atoms with E-state index in [1.165, 1.54) is 12.8 Å². The van der Waals surface area contributed by atoms with E-state index in [4.69, 9.17) is 0 Å². The van der Waals surface area contributed by atoms with Gasteiger partial charge >= 0.3 is 5.97 Å². The van der Waals surface area contributed by atoms with E-state index >= 15 is 0 Å². The average Bonchev–Trinajstić information content (AvgIpc) is 3.07. The molecular formula is C15H21NO4S. The molecule has 0 amide bonds. The molecule has 1 aromatic rings. The van der Waals surface area contributed by atoms with Crippen molar-refractivity contribution in [2.45, 2.75) is 38.0 Å². The molecule has 1 aliphatic carbocycles. The largest absolute Gasteiger partial charge is 0.478 e. The van der Waals surface area contributed by atoms with Crippen LogP contribution >= 0.6 is 10.8 Å². The first-order valence-corrected chi connectivity index (χ1v) is 9.06. The van der Waals surface area contributed by atoms with E-state index in [0.29, 0.717) is 23.9 Å². The molecule has 5 nitrogen and oxygen atoms in total. The number of aromatic carboxylic acids is 1. The molecule has 1 aliphatic heterocycles. The summed E-state index contributed by atoms with van der Waals surface area (Å²) in [6, 6.07) is 5.24. The molecule has 3 rings (SSSR count). The zero-order valence-corrected chi connectivity index (χ0v) is 12.7. The summed E-state index contributed by atoms with van der Waals surface area (Å²) in [6.45, 7) is 0.565. The summed E-state index contributed by atoms with van der Waals surface area (Å²) in [7, 11) is -2.78. The highest BCUT2D eigenvalue weighted by Crippen LogP contribution is 2.51. The molecule has 0 radical (unpaired) electrons.